The van der Waals surface area contributed by atoms with Gasteiger partial charge in [0.05, 0.1) is 117 Å². The molecule has 0 saturated carbocycles. The van der Waals surface area contributed by atoms with Crippen LogP contribution in [-0.2, 0) is 19.2 Å². The molecule has 0 spiro atoms. The predicted molar refractivity (Wildman–Crippen MR) is 551 cm³/mol. The van der Waals surface area contributed by atoms with E-state index < -0.39 is 5.54 Å². The molecule has 8 unspecified atom stereocenters. The Bertz CT molecular complexity index is 6260. The summed E-state index contributed by atoms with van der Waals surface area (Å²) < 4.78 is 23.0. The minimum absolute atomic E-state index is 0.0152. The first kappa shape index (κ1) is 98.1. The maximum absolute atomic E-state index is 14.6. The molecule has 8 aliphatic heterocycles. The molecule has 0 radical (unpaired) electrons. The van der Waals surface area contributed by atoms with Gasteiger partial charge in [0, 0.05) is 167 Å². The summed E-state index contributed by atoms with van der Waals surface area (Å²) in [5.41, 5.74) is 15.2. The number of aromatic nitrogens is 8. The molecule has 0 bridgehead atoms. The molecule has 10 atom stereocenters. The van der Waals surface area contributed by atoms with Crippen LogP contribution in [0.15, 0.2) is 171 Å². The Labute approximate surface area is 831 Å². The van der Waals surface area contributed by atoms with Crippen molar-refractivity contribution >= 4 is 172 Å². The van der Waals surface area contributed by atoms with Crippen LogP contribution in [0.25, 0.3) is 44.1 Å². The predicted octanol–water partition coefficient (Wildman–Crippen LogP) is 20.0. The number of carbonyl (C=O) groups is 4. The first-order valence-corrected chi connectivity index (χ1v) is 51.1. The van der Waals surface area contributed by atoms with E-state index in [0.29, 0.717) is 47.3 Å². The van der Waals surface area contributed by atoms with Crippen LogP contribution in [0.3, 0.4) is 0 Å². The van der Waals surface area contributed by atoms with E-state index in [2.05, 4.69) is 200 Å². The lowest BCUT2D eigenvalue weighted by molar-refractivity contribution is -0.140. The number of benzene rings is 8. The lowest BCUT2D eigenvalue weighted by atomic mass is 9.85. The molecule has 136 heavy (non-hydrogen) atoms. The number of hydrogen-bond donors (Lipinski definition) is 4. The van der Waals surface area contributed by atoms with E-state index >= 15 is 0 Å². The summed E-state index contributed by atoms with van der Waals surface area (Å²) in [6.45, 7) is 31.4. The molecule has 8 aromatic carbocycles. The normalized spacial score (nSPS) is 22.1. The Morgan fingerprint density at radius 3 is 1.08 bits per heavy atom. The first-order chi connectivity index (χ1) is 65.6. The van der Waals surface area contributed by atoms with Gasteiger partial charge in [-0.1, -0.05) is 119 Å². The van der Waals surface area contributed by atoms with Gasteiger partial charge in [0.15, 0.2) is 0 Å². The number of amides is 4. The minimum atomic E-state index is -0.412. The number of rotatable bonds is 17. The average Bonchev–Trinajstić information content (AvgIpc) is 1.59. The van der Waals surface area contributed by atoms with E-state index in [9.17, 15) is 23.6 Å². The molecule has 4 aromatic heterocycles. The Morgan fingerprint density at radius 2 is 0.735 bits per heavy atom. The number of piperazine rings is 4. The molecule has 20 rings (SSSR count). The summed E-state index contributed by atoms with van der Waals surface area (Å²) >= 11 is 43.7. The highest BCUT2D eigenvalue weighted by Gasteiger charge is 2.43. The van der Waals surface area contributed by atoms with Crippen LogP contribution < -0.4 is 40.9 Å². The molecular formula is C104H124Cl7FN20O4. The Morgan fingerprint density at radius 1 is 0.390 bits per heavy atom. The van der Waals surface area contributed by atoms with Gasteiger partial charge in [0.1, 0.15) is 5.82 Å². The summed E-state index contributed by atoms with van der Waals surface area (Å²) in [6, 6.07) is 47.2. The van der Waals surface area contributed by atoms with Gasteiger partial charge in [0.25, 0.3) is 0 Å². The van der Waals surface area contributed by atoms with Crippen molar-refractivity contribution in [3.63, 3.8) is 0 Å². The maximum atomic E-state index is 14.6. The molecule has 24 nitrogen and oxygen atoms in total. The number of anilines is 4. The molecule has 4 amide bonds. The van der Waals surface area contributed by atoms with Gasteiger partial charge in [-0.25, -0.2) is 24.3 Å². The molecule has 720 valence electrons. The fourth-order valence-electron chi connectivity index (χ4n) is 21.3. The fraction of sp³-hybridized carbons (Fsp3) is 0.462. The monoisotopic (exact) mass is 1980 g/mol. The number of nitrogens with zero attached hydrogens (tertiary/aromatic N) is 16. The van der Waals surface area contributed by atoms with Crippen LogP contribution in [0, 0.1) is 5.82 Å². The molecule has 8 fully saturated rings. The van der Waals surface area contributed by atoms with Crippen molar-refractivity contribution in [2.24, 2.45) is 0 Å². The minimum Gasteiger partial charge on any atom is -0.368 e. The highest BCUT2D eigenvalue weighted by atomic mass is 35.5. The first-order valence-electron chi connectivity index (χ1n) is 48.4. The quantitative estimate of drug-likeness (QED) is 0.0667. The molecule has 12 aromatic rings. The molecule has 32 heteroatoms. The summed E-state index contributed by atoms with van der Waals surface area (Å²) in [5.74, 6) is 0.691. The van der Waals surface area contributed by atoms with Gasteiger partial charge in [-0.05, 0) is 283 Å². The van der Waals surface area contributed by atoms with Crippen LogP contribution in [-0.4, -0.2) is 234 Å². The van der Waals surface area contributed by atoms with Crippen LogP contribution in [0.1, 0.15) is 179 Å². The third-order valence-electron chi connectivity index (χ3n) is 29.5. The topological polar surface area (TPSA) is 214 Å². The number of fused-ring (bicyclic) bond motifs is 4. The summed E-state index contributed by atoms with van der Waals surface area (Å²) in [5, 5.41) is 18.0. The molecule has 8 aliphatic rings. The summed E-state index contributed by atoms with van der Waals surface area (Å²) in [6.07, 6.45) is 19.9. The fourth-order valence-corrected chi connectivity index (χ4v) is 23.1. The Hall–Kier alpha value is -9.48. The van der Waals surface area contributed by atoms with Crippen LogP contribution >= 0.6 is 81.2 Å². The molecule has 4 N–H and O–H groups in total. The summed E-state index contributed by atoms with van der Waals surface area (Å²) in [4.78, 5) is 88.5. The maximum Gasteiger partial charge on any atom is 0.242 e. The van der Waals surface area contributed by atoms with E-state index in [4.69, 9.17) is 81.2 Å². The SMILES string of the molecule is CC(c1ccc(Cl)cc1Cl)n1cnc2ccc(N3CCN(C(=O)C4(C)CCCCN4)CC3)cc21.CC(c1ccc(Cl)cc1Cl)n1cnc2ccc(N3CCN(C(=O)C4CCCCN4)[C@H](C)C3)cc21.CC(c1ccc(Cl)cc1F)n1cnc2ccc(N3CCN(C(=O)C4CCCN4)[C@H](C)C3)cc21.CCC1(C(=O)N2CCN(c3ccc4ncn(C(C)c5ccc(Cl)cc5Cl)c4c3)CC2)CCCCN1. The number of piperidine rings is 3. The van der Waals surface area contributed by atoms with E-state index in [-0.39, 0.29) is 83.3 Å². The van der Waals surface area contributed by atoms with E-state index in [1.54, 1.807) is 36.7 Å². The van der Waals surface area contributed by atoms with Crippen molar-refractivity contribution in [1.82, 2.24) is 79.1 Å². The number of carbonyl (C=O) groups excluding carboxylic acids is 4. The zero-order valence-electron chi connectivity index (χ0n) is 78.8. The lowest BCUT2D eigenvalue weighted by Gasteiger charge is -2.43. The smallest absolute Gasteiger partial charge is 0.242 e. The number of hydrogen-bond acceptors (Lipinski definition) is 16. The van der Waals surface area contributed by atoms with Gasteiger partial charge in [0.2, 0.25) is 23.6 Å². The van der Waals surface area contributed by atoms with Crippen LogP contribution in [0.2, 0.25) is 35.2 Å². The Kier molecular flexibility index (Phi) is 31.1. The number of nitrogens with one attached hydrogen (secondary N) is 4. The van der Waals surface area contributed by atoms with Gasteiger partial charge >= 0.3 is 0 Å². The Balaban J connectivity index is 0.000000126. The largest absolute Gasteiger partial charge is 0.368 e. The molecule has 0 aliphatic carbocycles. The van der Waals surface area contributed by atoms with Crippen molar-refractivity contribution < 1.29 is 23.6 Å². The van der Waals surface area contributed by atoms with Crippen molar-refractivity contribution in [2.45, 2.75) is 192 Å². The molecule has 8 saturated heterocycles. The number of imidazole rings is 4. The van der Waals surface area contributed by atoms with E-state index in [1.165, 1.54) is 6.07 Å². The molecule has 12 heterocycles. The standard InChI is InChI=1S/C27H33Cl2N5O.2C26H31Cl2N5O.C25H29ClFN5O/c1-3-27(10-4-5-11-31-27)26(35)33-14-12-32(13-15-33)21-7-9-24-25(17-21)34(18-30-24)19(2)22-8-6-20(28)16-23(22)29;1-18(21-7-5-19(27)15-22(21)28)33-17-29-23-8-6-20(16-24(23)33)31-11-13-32(14-12-31)25(34)26(2)9-3-4-10-30-26;1-17-15-31(11-12-32(17)26(34)24-5-3-4-10-29-24)20-7-9-23-25(14-20)33(16-30-23)18(2)21-8-6-19(27)13-22(21)28;1-16-14-30(10-11-31(16)25(33)23-4-3-9-28-23)19-6-8-22-24(13-19)32(15-29-22)17(2)20-7-5-18(26)12-21(20)27/h6-9,16-19,31H,3-5,10-15H2,1-2H3;5-8,15-18,30H,3-4,9-14H2,1-2H3;6-9,13-14,16-18,24,29H,3-5,10-12,15H2,1-2H3;5-8,12-13,15-17,23,28H,3-4,9-11,14H2,1-2H3/t;;17-,18?,24?;16-,17?,23?/m..11/s1. The van der Waals surface area contributed by atoms with Gasteiger partial charge in [-0.15, -0.1) is 0 Å². The van der Waals surface area contributed by atoms with Crippen LogP contribution in [0.5, 0.6) is 0 Å². The zero-order chi connectivity index (χ0) is 95.4. The summed E-state index contributed by atoms with van der Waals surface area (Å²) in [7, 11) is 0. The lowest BCUT2D eigenvalue weighted by Crippen LogP contribution is -2.62. The van der Waals surface area contributed by atoms with Crippen molar-refractivity contribution in [1.29, 1.82) is 0 Å². The third-order valence-corrected chi connectivity index (χ3v) is 31.5. The van der Waals surface area contributed by atoms with Gasteiger partial charge in [-0.3, -0.25) is 19.2 Å². The van der Waals surface area contributed by atoms with Gasteiger partial charge in [-0.2, -0.15) is 0 Å². The van der Waals surface area contributed by atoms with E-state index in [1.807, 2.05) is 82.7 Å². The number of halogens is 8. The average molecular weight is 1990 g/mol. The van der Waals surface area contributed by atoms with Crippen molar-refractivity contribution in [2.75, 3.05) is 137 Å². The van der Waals surface area contributed by atoms with Crippen molar-refractivity contribution in [3.05, 3.63) is 234 Å². The van der Waals surface area contributed by atoms with Crippen LogP contribution in [0.4, 0.5) is 27.1 Å². The third kappa shape index (κ3) is 21.3. The van der Waals surface area contributed by atoms with Crippen molar-refractivity contribution in [3.8, 4) is 0 Å². The second-order valence-electron chi connectivity index (χ2n) is 38.1. The molecular weight excluding hydrogens is 1860 g/mol. The van der Waals surface area contributed by atoms with E-state index in [0.717, 1.165) is 272 Å². The highest BCUT2D eigenvalue weighted by Crippen LogP contribution is 2.40. The second kappa shape index (κ2) is 43.1. The zero-order valence-corrected chi connectivity index (χ0v) is 84.1. The highest BCUT2D eigenvalue weighted by molar-refractivity contribution is 6.36. The van der Waals surface area contributed by atoms with Gasteiger partial charge < -0.3 is 78.7 Å². The second-order valence-corrected chi connectivity index (χ2v) is 41.0.